The molecular weight excluding hydrogens is 316 g/mol. The van der Waals surface area contributed by atoms with Crippen molar-refractivity contribution in [2.45, 2.75) is 25.0 Å². The Balaban J connectivity index is 1.69. The SMILES string of the molecule is O=C(NCC(c1ccccc1Cl)N1CCOCC1)C1CCCO1. The van der Waals surface area contributed by atoms with E-state index in [1.54, 1.807) is 0 Å². The zero-order valence-corrected chi connectivity index (χ0v) is 13.9. The molecule has 2 unspecified atom stereocenters. The van der Waals surface area contributed by atoms with Crippen LogP contribution in [0.2, 0.25) is 5.02 Å². The summed E-state index contributed by atoms with van der Waals surface area (Å²) in [6.45, 7) is 4.30. The van der Waals surface area contributed by atoms with Gasteiger partial charge in [-0.2, -0.15) is 0 Å². The van der Waals surface area contributed by atoms with Crippen LogP contribution in [0, 0.1) is 0 Å². The second-order valence-electron chi connectivity index (χ2n) is 5.93. The van der Waals surface area contributed by atoms with Crippen LogP contribution < -0.4 is 5.32 Å². The third-order valence-electron chi connectivity index (χ3n) is 4.44. The molecule has 5 nitrogen and oxygen atoms in total. The van der Waals surface area contributed by atoms with Gasteiger partial charge in [-0.05, 0) is 24.5 Å². The average molecular weight is 339 g/mol. The van der Waals surface area contributed by atoms with Crippen LogP contribution in [0.5, 0.6) is 0 Å². The van der Waals surface area contributed by atoms with Crippen molar-refractivity contribution in [3.8, 4) is 0 Å². The van der Waals surface area contributed by atoms with Crippen LogP contribution in [0.4, 0.5) is 0 Å². The summed E-state index contributed by atoms with van der Waals surface area (Å²) in [6.07, 6.45) is 1.46. The molecule has 126 valence electrons. The standard InChI is InChI=1S/C17H23ClN2O3/c18-14-5-2-1-4-13(14)15(20-7-10-22-11-8-20)12-19-17(21)16-6-3-9-23-16/h1-2,4-5,15-16H,3,6-12H2,(H,19,21). The summed E-state index contributed by atoms with van der Waals surface area (Å²) in [5.74, 6) is -0.0205. The maximum atomic E-state index is 12.2. The molecule has 2 aliphatic rings. The predicted octanol–water partition coefficient (Wildman–Crippen LogP) is 2.01. The minimum absolute atomic E-state index is 0.0205. The highest BCUT2D eigenvalue weighted by molar-refractivity contribution is 6.31. The van der Waals surface area contributed by atoms with E-state index in [9.17, 15) is 4.79 Å². The molecule has 2 saturated heterocycles. The second kappa shape index (κ2) is 8.11. The van der Waals surface area contributed by atoms with E-state index < -0.39 is 0 Å². The fourth-order valence-electron chi connectivity index (χ4n) is 3.17. The molecule has 3 rings (SSSR count). The number of carbonyl (C=O) groups is 1. The Morgan fingerprint density at radius 2 is 2.09 bits per heavy atom. The van der Waals surface area contributed by atoms with Crippen LogP contribution in [0.25, 0.3) is 0 Å². The largest absolute Gasteiger partial charge is 0.379 e. The van der Waals surface area contributed by atoms with Crippen molar-refractivity contribution < 1.29 is 14.3 Å². The summed E-state index contributed by atoms with van der Waals surface area (Å²) in [6, 6.07) is 7.88. The lowest BCUT2D eigenvalue weighted by atomic mass is 10.0. The van der Waals surface area contributed by atoms with E-state index in [0.29, 0.717) is 26.4 Å². The Morgan fingerprint density at radius 3 is 2.78 bits per heavy atom. The fourth-order valence-corrected chi connectivity index (χ4v) is 3.43. The van der Waals surface area contributed by atoms with Gasteiger partial charge in [-0.15, -0.1) is 0 Å². The summed E-state index contributed by atoms with van der Waals surface area (Å²) < 4.78 is 10.9. The smallest absolute Gasteiger partial charge is 0.249 e. The summed E-state index contributed by atoms with van der Waals surface area (Å²) in [5, 5.41) is 3.77. The number of morpholine rings is 1. The molecule has 1 amide bonds. The first kappa shape index (κ1) is 16.7. The Kier molecular flexibility index (Phi) is 5.89. The molecule has 2 atom stereocenters. The Morgan fingerprint density at radius 1 is 1.30 bits per heavy atom. The number of ether oxygens (including phenoxy) is 2. The second-order valence-corrected chi connectivity index (χ2v) is 6.34. The van der Waals surface area contributed by atoms with Gasteiger partial charge in [-0.3, -0.25) is 9.69 Å². The molecule has 1 aromatic rings. The Hall–Kier alpha value is -1.14. The normalized spacial score (nSPS) is 23.6. The topological polar surface area (TPSA) is 50.8 Å². The third-order valence-corrected chi connectivity index (χ3v) is 4.79. The fraction of sp³-hybridized carbons (Fsp3) is 0.588. The van der Waals surface area contributed by atoms with Gasteiger partial charge in [0.15, 0.2) is 0 Å². The molecule has 6 heteroatoms. The van der Waals surface area contributed by atoms with Crippen LogP contribution in [-0.4, -0.2) is 56.4 Å². The summed E-state index contributed by atoms with van der Waals surface area (Å²) in [5.41, 5.74) is 1.05. The molecule has 2 heterocycles. The number of benzene rings is 1. The van der Waals surface area contributed by atoms with Crippen LogP contribution in [0.15, 0.2) is 24.3 Å². The van der Waals surface area contributed by atoms with E-state index >= 15 is 0 Å². The molecule has 2 aliphatic heterocycles. The molecule has 23 heavy (non-hydrogen) atoms. The van der Waals surface area contributed by atoms with Crippen LogP contribution in [0.3, 0.4) is 0 Å². The number of nitrogens with zero attached hydrogens (tertiary/aromatic N) is 1. The van der Waals surface area contributed by atoms with Gasteiger partial charge in [0, 0.05) is 31.3 Å². The van der Waals surface area contributed by atoms with Gasteiger partial charge in [0.2, 0.25) is 5.91 Å². The highest BCUT2D eigenvalue weighted by Gasteiger charge is 2.27. The van der Waals surface area contributed by atoms with E-state index in [-0.39, 0.29) is 18.1 Å². The molecule has 0 aromatic heterocycles. The van der Waals surface area contributed by atoms with Crippen molar-refractivity contribution in [2.75, 3.05) is 39.5 Å². The van der Waals surface area contributed by atoms with Crippen molar-refractivity contribution in [2.24, 2.45) is 0 Å². The maximum Gasteiger partial charge on any atom is 0.249 e. The number of nitrogens with one attached hydrogen (secondary N) is 1. The van der Waals surface area contributed by atoms with Gasteiger partial charge in [-0.1, -0.05) is 29.8 Å². The third kappa shape index (κ3) is 4.23. The molecule has 2 fully saturated rings. The number of hydrogen-bond acceptors (Lipinski definition) is 4. The highest BCUT2D eigenvalue weighted by Crippen LogP contribution is 2.28. The van der Waals surface area contributed by atoms with Gasteiger partial charge in [0.25, 0.3) is 0 Å². The van der Waals surface area contributed by atoms with E-state index in [0.717, 1.165) is 36.5 Å². The van der Waals surface area contributed by atoms with Crippen molar-refractivity contribution in [3.05, 3.63) is 34.9 Å². The lowest BCUT2D eigenvalue weighted by molar-refractivity contribution is -0.130. The molecule has 0 radical (unpaired) electrons. The maximum absolute atomic E-state index is 12.2. The summed E-state index contributed by atoms with van der Waals surface area (Å²) >= 11 is 6.39. The van der Waals surface area contributed by atoms with Crippen molar-refractivity contribution >= 4 is 17.5 Å². The number of halogens is 1. The highest BCUT2D eigenvalue weighted by atomic mass is 35.5. The molecule has 0 bridgehead atoms. The van der Waals surface area contributed by atoms with Crippen molar-refractivity contribution in [1.29, 1.82) is 0 Å². The van der Waals surface area contributed by atoms with Crippen LogP contribution >= 0.6 is 11.6 Å². The molecule has 1 aromatic carbocycles. The monoisotopic (exact) mass is 338 g/mol. The van der Waals surface area contributed by atoms with E-state index in [4.69, 9.17) is 21.1 Å². The predicted molar refractivity (Wildman–Crippen MR) is 88.6 cm³/mol. The number of rotatable bonds is 5. The van der Waals surface area contributed by atoms with Crippen molar-refractivity contribution in [1.82, 2.24) is 10.2 Å². The van der Waals surface area contributed by atoms with E-state index in [1.807, 2.05) is 24.3 Å². The lowest BCUT2D eigenvalue weighted by Crippen LogP contribution is -2.45. The summed E-state index contributed by atoms with van der Waals surface area (Å²) in [7, 11) is 0. The Bertz CT molecular complexity index is 528. The number of hydrogen-bond donors (Lipinski definition) is 1. The van der Waals surface area contributed by atoms with Gasteiger partial charge >= 0.3 is 0 Å². The van der Waals surface area contributed by atoms with Gasteiger partial charge in [-0.25, -0.2) is 0 Å². The zero-order chi connectivity index (χ0) is 16.1. The molecule has 0 aliphatic carbocycles. The molecule has 1 N–H and O–H groups in total. The molecular formula is C17H23ClN2O3. The zero-order valence-electron chi connectivity index (χ0n) is 13.2. The van der Waals surface area contributed by atoms with Gasteiger partial charge in [0.1, 0.15) is 6.10 Å². The summed E-state index contributed by atoms with van der Waals surface area (Å²) in [4.78, 5) is 14.6. The quantitative estimate of drug-likeness (QED) is 0.892. The van der Waals surface area contributed by atoms with Crippen LogP contribution in [0.1, 0.15) is 24.4 Å². The number of carbonyl (C=O) groups excluding carboxylic acids is 1. The van der Waals surface area contributed by atoms with Crippen LogP contribution in [-0.2, 0) is 14.3 Å². The first-order valence-corrected chi connectivity index (χ1v) is 8.59. The molecule has 0 saturated carbocycles. The van der Waals surface area contributed by atoms with Gasteiger partial charge < -0.3 is 14.8 Å². The lowest BCUT2D eigenvalue weighted by Gasteiger charge is -2.35. The van der Waals surface area contributed by atoms with E-state index in [2.05, 4.69) is 10.2 Å². The molecule has 0 spiro atoms. The minimum Gasteiger partial charge on any atom is -0.379 e. The first-order valence-electron chi connectivity index (χ1n) is 8.21. The minimum atomic E-state index is -0.299. The van der Waals surface area contributed by atoms with Crippen molar-refractivity contribution in [3.63, 3.8) is 0 Å². The first-order chi connectivity index (χ1) is 11.3. The number of amides is 1. The average Bonchev–Trinajstić information content (AvgIpc) is 3.12. The van der Waals surface area contributed by atoms with E-state index in [1.165, 1.54) is 0 Å². The van der Waals surface area contributed by atoms with Gasteiger partial charge in [0.05, 0.1) is 19.3 Å². The Labute approximate surface area is 141 Å².